The lowest BCUT2D eigenvalue weighted by atomic mass is 10.0. The number of urea groups is 1. The largest absolute Gasteiger partial charge is 0.491 e. The Hall–Kier alpha value is -4.62. The number of nitrogens with zero attached hydrogens (tertiary/aromatic N) is 3. The van der Waals surface area contributed by atoms with Gasteiger partial charge in [0.25, 0.3) is 11.8 Å². The molecule has 1 saturated heterocycles. The highest BCUT2D eigenvalue weighted by molar-refractivity contribution is 5.95. The van der Waals surface area contributed by atoms with Gasteiger partial charge in [0.1, 0.15) is 29.5 Å². The summed E-state index contributed by atoms with van der Waals surface area (Å²) in [6.45, 7) is 6.13. The third-order valence-corrected chi connectivity index (χ3v) is 7.86. The van der Waals surface area contributed by atoms with Gasteiger partial charge in [-0.25, -0.2) is 4.79 Å². The number of amides is 4. The summed E-state index contributed by atoms with van der Waals surface area (Å²) in [5.74, 6) is 1.16. The lowest BCUT2D eigenvalue weighted by Crippen LogP contribution is -2.58. The number of hydrogen-bond donors (Lipinski definition) is 3. The molecule has 13 heteroatoms. The second-order valence-electron chi connectivity index (χ2n) is 11.7. The molecular formula is C33H42N6O7. The Morgan fingerprint density at radius 2 is 1.89 bits per heavy atom. The molecule has 4 bridgehead atoms. The smallest absolute Gasteiger partial charge is 0.315 e. The summed E-state index contributed by atoms with van der Waals surface area (Å²) in [5.41, 5.74) is 2.55. The van der Waals surface area contributed by atoms with Crippen LogP contribution in [-0.4, -0.2) is 91.2 Å². The zero-order valence-electron chi connectivity index (χ0n) is 26.7. The third kappa shape index (κ3) is 8.34. The molecule has 0 unspecified atom stereocenters. The van der Waals surface area contributed by atoms with E-state index in [4.69, 9.17) is 18.9 Å². The monoisotopic (exact) mass is 634 g/mol. The Labute approximate surface area is 268 Å². The van der Waals surface area contributed by atoms with Gasteiger partial charge in [0.05, 0.1) is 31.1 Å². The van der Waals surface area contributed by atoms with Crippen LogP contribution in [0.2, 0.25) is 0 Å². The Morgan fingerprint density at radius 3 is 2.67 bits per heavy atom. The van der Waals surface area contributed by atoms with Gasteiger partial charge in [0, 0.05) is 52.0 Å². The fourth-order valence-electron chi connectivity index (χ4n) is 5.37. The average molecular weight is 635 g/mol. The van der Waals surface area contributed by atoms with Gasteiger partial charge in [-0.05, 0) is 48.2 Å². The van der Waals surface area contributed by atoms with E-state index in [1.54, 1.807) is 41.9 Å². The van der Waals surface area contributed by atoms with Gasteiger partial charge in [-0.3, -0.25) is 14.3 Å². The highest BCUT2D eigenvalue weighted by Crippen LogP contribution is 2.29. The van der Waals surface area contributed by atoms with Gasteiger partial charge in [-0.1, -0.05) is 26.0 Å². The number of benzene rings is 2. The first-order valence-corrected chi connectivity index (χ1v) is 15.5. The quantitative estimate of drug-likeness (QED) is 0.351. The van der Waals surface area contributed by atoms with Crippen molar-refractivity contribution in [3.63, 3.8) is 0 Å². The van der Waals surface area contributed by atoms with Gasteiger partial charge >= 0.3 is 6.03 Å². The van der Waals surface area contributed by atoms with E-state index in [0.717, 1.165) is 11.3 Å². The Morgan fingerprint density at radius 1 is 1.07 bits per heavy atom. The van der Waals surface area contributed by atoms with Crippen LogP contribution in [0.1, 0.15) is 58.3 Å². The molecule has 0 saturated carbocycles. The van der Waals surface area contributed by atoms with E-state index >= 15 is 0 Å². The minimum absolute atomic E-state index is 0.133. The molecule has 13 nitrogen and oxygen atoms in total. The Kier molecular flexibility index (Phi) is 10.8. The summed E-state index contributed by atoms with van der Waals surface area (Å²) in [4.78, 5) is 41.2. The highest BCUT2D eigenvalue weighted by atomic mass is 16.5. The molecule has 46 heavy (non-hydrogen) atoms. The van der Waals surface area contributed by atoms with E-state index < -0.39 is 6.10 Å². The van der Waals surface area contributed by atoms with Crippen molar-refractivity contribution in [3.8, 4) is 17.2 Å². The minimum Gasteiger partial charge on any atom is -0.491 e. The maximum Gasteiger partial charge on any atom is 0.315 e. The van der Waals surface area contributed by atoms with Crippen LogP contribution < -0.4 is 25.4 Å². The van der Waals surface area contributed by atoms with E-state index in [1.165, 1.54) is 0 Å². The van der Waals surface area contributed by atoms with Crippen molar-refractivity contribution >= 4 is 17.8 Å². The van der Waals surface area contributed by atoms with E-state index in [2.05, 4.69) is 21.0 Å². The molecule has 0 spiro atoms. The number of fused-ring (bicyclic) bond motifs is 5. The summed E-state index contributed by atoms with van der Waals surface area (Å²) in [7, 11) is 3.36. The first-order valence-electron chi connectivity index (χ1n) is 15.5. The van der Waals surface area contributed by atoms with Gasteiger partial charge < -0.3 is 39.8 Å². The topological polar surface area (TPSA) is 145 Å². The molecule has 3 heterocycles. The van der Waals surface area contributed by atoms with Crippen LogP contribution in [-0.2, 0) is 23.1 Å². The van der Waals surface area contributed by atoms with E-state index in [9.17, 15) is 14.4 Å². The summed E-state index contributed by atoms with van der Waals surface area (Å²) in [6.07, 6.45) is 0.0232. The van der Waals surface area contributed by atoms with Crippen molar-refractivity contribution in [1.29, 1.82) is 0 Å². The number of hydrogen-bond acceptors (Lipinski definition) is 8. The summed E-state index contributed by atoms with van der Waals surface area (Å²) in [5, 5.41) is 13.1. The molecule has 5 rings (SSSR count). The van der Waals surface area contributed by atoms with Crippen molar-refractivity contribution < 1.29 is 33.3 Å². The molecule has 2 aliphatic heterocycles. The molecule has 2 atom stereocenters. The lowest BCUT2D eigenvalue weighted by molar-refractivity contribution is -0.0237. The van der Waals surface area contributed by atoms with Crippen LogP contribution >= 0.6 is 0 Å². The van der Waals surface area contributed by atoms with Crippen molar-refractivity contribution in [2.24, 2.45) is 7.05 Å². The maximum absolute atomic E-state index is 13.6. The molecule has 1 fully saturated rings. The standard InChI is InChI=1S/C33H42N6O7/c1-21(2)28-18-29(38(3)37-28)32(41)39-11-8-27-30(19-39)45-20-22-6-5-7-24(14-22)46-26-16-23(15-25(17-26)44-13-12-43-4)31(40)34-9-10-35-33(42)36-27/h5-7,14-18,21,27,30H,8-13,19-20H2,1-4H3,(H,34,40)(H2,35,36,42)/t27-,30-/m0/s1. The van der Waals surface area contributed by atoms with Crippen molar-refractivity contribution in [1.82, 2.24) is 30.6 Å². The van der Waals surface area contributed by atoms with Crippen LogP contribution in [0.4, 0.5) is 4.79 Å². The highest BCUT2D eigenvalue weighted by Gasteiger charge is 2.34. The third-order valence-electron chi connectivity index (χ3n) is 7.86. The van der Waals surface area contributed by atoms with Gasteiger partial charge in [0.15, 0.2) is 0 Å². The fraction of sp³-hybridized carbons (Fsp3) is 0.455. The molecule has 3 N–H and O–H groups in total. The van der Waals surface area contributed by atoms with Crippen LogP contribution in [0.3, 0.4) is 0 Å². The number of aromatic nitrogens is 2. The van der Waals surface area contributed by atoms with E-state index in [0.29, 0.717) is 54.7 Å². The van der Waals surface area contributed by atoms with E-state index in [-0.39, 0.29) is 56.0 Å². The number of carbonyl (C=O) groups is 3. The summed E-state index contributed by atoms with van der Waals surface area (Å²) >= 11 is 0. The summed E-state index contributed by atoms with van der Waals surface area (Å²) in [6, 6.07) is 13.5. The van der Waals surface area contributed by atoms with Crippen LogP contribution in [0.5, 0.6) is 17.2 Å². The first-order chi connectivity index (χ1) is 22.2. The number of ether oxygens (including phenoxy) is 4. The molecule has 1 aromatic heterocycles. The maximum atomic E-state index is 13.6. The number of piperidine rings is 1. The Bertz CT molecular complexity index is 1540. The van der Waals surface area contributed by atoms with Crippen LogP contribution in [0.15, 0.2) is 48.5 Å². The zero-order chi connectivity index (χ0) is 32.6. The van der Waals surface area contributed by atoms with E-state index in [1.807, 2.05) is 44.2 Å². The SMILES string of the molecule is COCCOc1cc2cc(c1)C(=O)NCCNC(=O)N[C@H]1CCN(C(=O)c3cc(C(C)C)nn3C)C[C@@H]1OCc1cccc(c1)O2. The molecule has 4 amide bonds. The second kappa shape index (κ2) is 15.1. The predicted molar refractivity (Wildman–Crippen MR) is 169 cm³/mol. The van der Waals surface area contributed by atoms with Crippen molar-refractivity contribution in [3.05, 3.63) is 71.0 Å². The summed E-state index contributed by atoms with van der Waals surface area (Å²) < 4.78 is 25.0. The van der Waals surface area contributed by atoms with Gasteiger partial charge in [-0.15, -0.1) is 0 Å². The average Bonchev–Trinajstić information content (AvgIpc) is 3.44. The minimum atomic E-state index is -0.479. The molecular weight excluding hydrogens is 592 g/mol. The molecule has 3 aromatic rings. The normalized spacial score (nSPS) is 19.1. The molecule has 2 aromatic carbocycles. The number of likely N-dealkylation sites (tertiary alicyclic amines) is 1. The van der Waals surface area contributed by atoms with Crippen molar-refractivity contribution in [2.45, 2.75) is 44.9 Å². The number of nitrogens with one attached hydrogen (secondary N) is 3. The lowest BCUT2D eigenvalue weighted by Gasteiger charge is -2.38. The fourth-order valence-corrected chi connectivity index (χ4v) is 5.37. The first kappa shape index (κ1) is 32.8. The molecule has 0 radical (unpaired) electrons. The second-order valence-corrected chi connectivity index (χ2v) is 11.7. The molecule has 246 valence electrons. The van der Waals surface area contributed by atoms with Crippen molar-refractivity contribution in [2.75, 3.05) is 46.5 Å². The van der Waals surface area contributed by atoms with Crippen LogP contribution in [0, 0.1) is 0 Å². The number of methoxy groups -OCH3 is 1. The predicted octanol–water partition coefficient (Wildman–Crippen LogP) is 3.20. The molecule has 0 aliphatic carbocycles. The van der Waals surface area contributed by atoms with Crippen LogP contribution in [0.25, 0.3) is 0 Å². The van der Waals surface area contributed by atoms with Gasteiger partial charge in [0.2, 0.25) is 0 Å². The number of carbonyl (C=O) groups excluding carboxylic acids is 3. The Balaban J connectivity index is 1.37. The zero-order valence-corrected chi connectivity index (χ0v) is 26.7. The van der Waals surface area contributed by atoms with Gasteiger partial charge in [-0.2, -0.15) is 5.10 Å². The number of rotatable bonds is 6. The molecule has 2 aliphatic rings. The number of aryl methyl sites for hydroxylation is 1.